The first kappa shape index (κ1) is 13.4. The predicted octanol–water partition coefficient (Wildman–Crippen LogP) is -0.871. The lowest BCUT2D eigenvalue weighted by Gasteiger charge is -2.18. The second-order valence-corrected chi connectivity index (χ2v) is 5.11. The van der Waals surface area contributed by atoms with Gasteiger partial charge in [-0.15, -0.1) is 0 Å². The highest BCUT2D eigenvalue weighted by atomic mass is 16.5. The van der Waals surface area contributed by atoms with Gasteiger partial charge < -0.3 is 9.39 Å². The number of methoxy groups -OCH3 is 1. The van der Waals surface area contributed by atoms with Gasteiger partial charge in [-0.25, -0.2) is 0 Å². The van der Waals surface area contributed by atoms with E-state index in [0.717, 1.165) is 16.8 Å². The lowest BCUT2D eigenvalue weighted by atomic mass is 9.60. The molecule has 0 spiro atoms. The van der Waals surface area contributed by atoms with Gasteiger partial charge in [0.1, 0.15) is 5.72 Å². The van der Waals surface area contributed by atoms with Gasteiger partial charge in [-0.1, -0.05) is 17.6 Å². The number of rotatable bonds is 2. The Morgan fingerprint density at radius 2 is 2.10 bits per heavy atom. The molecular weight excluding hydrogens is 271 g/mol. The minimum Gasteiger partial charge on any atom is -0.674 e. The van der Waals surface area contributed by atoms with Crippen LogP contribution < -0.4 is 10.3 Å². The number of hydrogen-bond donors (Lipinski definition) is 0. The molecule has 0 aliphatic carbocycles. The highest BCUT2D eigenvalue weighted by Crippen LogP contribution is 2.15. The van der Waals surface area contributed by atoms with Crippen molar-refractivity contribution in [3.05, 3.63) is 35.8 Å². The van der Waals surface area contributed by atoms with Crippen molar-refractivity contribution in [2.45, 2.75) is 0 Å². The first-order valence-corrected chi connectivity index (χ1v) is 6.66. The molecule has 108 valence electrons. The fraction of sp³-hybridized carbons (Fsp3) is 0.214. The zero-order valence-electron chi connectivity index (χ0n) is 12.1. The quantitative estimate of drug-likeness (QED) is 0.409. The third-order valence-electron chi connectivity index (χ3n) is 4.04. The van der Waals surface area contributed by atoms with Crippen molar-refractivity contribution in [1.29, 1.82) is 0 Å². The van der Waals surface area contributed by atoms with E-state index in [0.29, 0.717) is 5.47 Å². The van der Waals surface area contributed by atoms with Crippen molar-refractivity contribution in [3.8, 4) is 0 Å². The molecule has 0 bridgehead atoms. The van der Waals surface area contributed by atoms with Gasteiger partial charge in [0.25, 0.3) is 11.9 Å². The van der Waals surface area contributed by atoms with E-state index in [2.05, 4.69) is 0 Å². The van der Waals surface area contributed by atoms with Gasteiger partial charge in [0.05, 0.1) is 21.2 Å². The van der Waals surface area contributed by atoms with Crippen LogP contribution in [0.1, 0.15) is 0 Å². The number of carbonyl (C=O) groups is 2. The number of nitrogens with zero attached hydrogens (tertiary/aromatic N) is 2. The Morgan fingerprint density at radius 1 is 1.38 bits per heavy atom. The van der Waals surface area contributed by atoms with E-state index < -0.39 is 18.9 Å². The minimum atomic E-state index is -1.73. The molecule has 0 saturated heterocycles. The Morgan fingerprint density at radius 3 is 2.76 bits per heavy atom. The molecule has 1 unspecified atom stereocenters. The first-order chi connectivity index (χ1) is 10.0. The number of aryl methyl sites for hydroxylation is 2. The van der Waals surface area contributed by atoms with E-state index in [4.69, 9.17) is 9.39 Å². The Balaban J connectivity index is 2.19. The van der Waals surface area contributed by atoms with E-state index in [9.17, 15) is 9.59 Å². The van der Waals surface area contributed by atoms with Crippen LogP contribution in [0.5, 0.6) is 0 Å². The third kappa shape index (κ3) is 1.93. The van der Waals surface area contributed by atoms with Crippen LogP contribution in [0.25, 0.3) is 11.0 Å². The molecule has 1 aromatic heterocycles. The van der Waals surface area contributed by atoms with Gasteiger partial charge >= 0.3 is 6.92 Å². The lowest BCUT2D eigenvalue weighted by Crippen LogP contribution is -2.57. The number of carbonyl (C=O) groups excluding carboxylic acids is 2. The average Bonchev–Trinajstić information content (AvgIpc) is 2.98. The summed E-state index contributed by atoms with van der Waals surface area (Å²) in [5.41, 5.74) is 3.10. The van der Waals surface area contributed by atoms with Crippen molar-refractivity contribution in [1.82, 2.24) is 4.57 Å². The second kappa shape index (κ2) is 4.77. The van der Waals surface area contributed by atoms with Crippen LogP contribution in [-0.2, 0) is 33.1 Å². The summed E-state index contributed by atoms with van der Waals surface area (Å²) in [7, 11) is 5.08. The molecular formula is C14H15BN2O4. The number of esters is 1. The van der Waals surface area contributed by atoms with E-state index >= 15 is 0 Å². The Kier molecular flexibility index (Phi) is 3.05. The smallest absolute Gasteiger partial charge is 0.306 e. The first-order valence-electron chi connectivity index (χ1n) is 6.66. The topological polar surface area (TPSA) is 61.4 Å². The maximum Gasteiger partial charge on any atom is 0.306 e. The molecule has 2 heterocycles. The zero-order valence-corrected chi connectivity index (χ0v) is 12.1. The Bertz CT molecular complexity index is 755. The van der Waals surface area contributed by atoms with Crippen LogP contribution in [0.4, 0.5) is 0 Å². The van der Waals surface area contributed by atoms with Crippen molar-refractivity contribution in [2.75, 3.05) is 7.11 Å². The van der Waals surface area contributed by atoms with E-state index in [1.165, 1.54) is 13.2 Å². The van der Waals surface area contributed by atoms with Gasteiger partial charge in [0.2, 0.25) is 0 Å². The molecule has 1 aliphatic rings. The fourth-order valence-corrected chi connectivity index (χ4v) is 3.02. The summed E-state index contributed by atoms with van der Waals surface area (Å²) < 4.78 is 14.0. The van der Waals surface area contributed by atoms with Gasteiger partial charge in [0.15, 0.2) is 11.0 Å². The molecule has 21 heavy (non-hydrogen) atoms. The Hall–Kier alpha value is -2.57. The van der Waals surface area contributed by atoms with Crippen LogP contribution in [-0.4, -0.2) is 30.5 Å². The molecule has 1 aromatic carbocycles. The number of para-hydroxylation sites is 2. The number of hydrogen-bond acceptors (Lipinski definition) is 4. The normalized spacial score (nSPS) is 17.8. The van der Waals surface area contributed by atoms with Gasteiger partial charge in [-0.3, -0.25) is 18.7 Å². The SMILES string of the molecule is COC(=O)C1=CC(=O)O[BH-]1c1n(C)c2ccccc2[n+]1C. The summed E-state index contributed by atoms with van der Waals surface area (Å²) in [5.74, 6) is -1.02. The molecule has 0 saturated carbocycles. The van der Waals surface area contributed by atoms with E-state index in [1.54, 1.807) is 0 Å². The summed E-state index contributed by atoms with van der Waals surface area (Å²) in [6, 6.07) is 7.85. The highest BCUT2D eigenvalue weighted by molar-refractivity contribution is 6.80. The molecule has 3 rings (SSSR count). The second-order valence-electron chi connectivity index (χ2n) is 5.11. The maximum absolute atomic E-state index is 11.9. The van der Waals surface area contributed by atoms with Gasteiger partial charge in [0, 0.05) is 0 Å². The number of benzene rings is 1. The van der Waals surface area contributed by atoms with Crippen LogP contribution in [0, 0.1) is 0 Å². The third-order valence-corrected chi connectivity index (χ3v) is 4.04. The average molecular weight is 286 g/mol. The molecule has 0 amide bonds. The molecule has 1 atom stereocenters. The molecule has 2 aromatic rings. The predicted molar refractivity (Wildman–Crippen MR) is 77.1 cm³/mol. The maximum atomic E-state index is 11.9. The standard InChI is InChI=1S/C14H15BN2O4/c1-16-10-6-4-5-7-11(10)17(2)14(16)15-9(13(19)20-3)8-12(18)21-15/h4-8,15H,1-3H3. The Labute approximate surface area is 121 Å². The molecule has 7 heteroatoms. The number of fused-ring (bicyclic) bond motifs is 1. The van der Waals surface area contributed by atoms with Crippen molar-refractivity contribution < 1.29 is 23.5 Å². The summed E-state index contributed by atoms with van der Waals surface area (Å²) in [6.07, 6.45) is 1.23. The van der Waals surface area contributed by atoms with E-state index in [1.807, 2.05) is 47.5 Å². The zero-order chi connectivity index (χ0) is 15.1. The molecule has 1 aliphatic heterocycles. The van der Waals surface area contributed by atoms with Crippen LogP contribution in [0.15, 0.2) is 35.8 Å². The van der Waals surface area contributed by atoms with Crippen LogP contribution >= 0.6 is 0 Å². The summed E-state index contributed by atoms with van der Waals surface area (Å²) in [6.45, 7) is -1.73. The van der Waals surface area contributed by atoms with Gasteiger partial charge in [-0.2, -0.15) is 0 Å². The summed E-state index contributed by atoms with van der Waals surface area (Å²) in [5, 5.41) is 0. The summed E-state index contributed by atoms with van der Waals surface area (Å²) in [4.78, 5) is 23.5. The molecule has 0 radical (unpaired) electrons. The van der Waals surface area contributed by atoms with Gasteiger partial charge in [-0.05, 0) is 18.2 Å². The summed E-state index contributed by atoms with van der Waals surface area (Å²) >= 11 is 0. The van der Waals surface area contributed by atoms with Crippen molar-refractivity contribution in [3.63, 3.8) is 0 Å². The molecule has 6 nitrogen and oxygen atoms in total. The van der Waals surface area contributed by atoms with E-state index in [-0.39, 0.29) is 0 Å². The molecule has 0 fully saturated rings. The van der Waals surface area contributed by atoms with Crippen LogP contribution in [0.3, 0.4) is 0 Å². The minimum absolute atomic E-state index is 0.295. The van der Waals surface area contributed by atoms with Crippen molar-refractivity contribution in [2.24, 2.45) is 14.1 Å². The number of imidazole rings is 1. The fourth-order valence-electron chi connectivity index (χ4n) is 3.02. The van der Waals surface area contributed by atoms with Crippen molar-refractivity contribution >= 4 is 35.6 Å². The highest BCUT2D eigenvalue weighted by Gasteiger charge is 2.35. The number of aromatic nitrogens is 2. The molecule has 0 N–H and O–H groups in total. The van der Waals surface area contributed by atoms with Crippen LogP contribution in [0.2, 0.25) is 0 Å². The largest absolute Gasteiger partial charge is 0.674 e. The monoisotopic (exact) mass is 286 g/mol. The number of ether oxygens (including phenoxy) is 1. The lowest BCUT2D eigenvalue weighted by molar-refractivity contribution is -0.627.